The Labute approximate surface area is 375 Å². The molecule has 0 bridgehead atoms. The van der Waals surface area contributed by atoms with Gasteiger partial charge in [-0.25, -0.2) is 0 Å². The predicted octanol–water partition coefficient (Wildman–Crippen LogP) is 14.5. The van der Waals surface area contributed by atoms with Gasteiger partial charge in [0, 0.05) is 35.3 Å². The van der Waals surface area contributed by atoms with Crippen molar-refractivity contribution < 1.29 is 34.4 Å². The number of benzene rings is 6. The Morgan fingerprint density at radius 1 is 0.783 bits per heavy atom. The fourth-order valence-corrected chi connectivity index (χ4v) is 11.3. The van der Waals surface area contributed by atoms with Crippen molar-refractivity contribution in [2.24, 2.45) is 0 Å². The summed E-state index contributed by atoms with van der Waals surface area (Å²) >= 11 is -2.10. The number of aryl methyl sites for hydroxylation is 1. The fourth-order valence-electron chi connectivity index (χ4n) is 8.02. The van der Waals surface area contributed by atoms with E-state index in [9.17, 15) is 4.39 Å². The van der Waals surface area contributed by atoms with Crippen LogP contribution in [0.2, 0.25) is 17.3 Å². The summed E-state index contributed by atoms with van der Waals surface area (Å²) in [5, 5.41) is 3.68. The van der Waals surface area contributed by atoms with Crippen LogP contribution in [0.15, 0.2) is 120 Å². The average molecular weight is 1030 g/mol. The molecule has 9 rings (SSSR count). The average Bonchev–Trinajstić information content (AvgIpc) is 3.79. The minimum atomic E-state index is -2.16. The number of para-hydroxylation sites is 3. The van der Waals surface area contributed by atoms with Crippen molar-refractivity contribution in [2.45, 2.75) is 83.4 Å². The molecule has 1 radical (unpaired) electrons. The van der Waals surface area contributed by atoms with Gasteiger partial charge >= 0.3 is 125 Å². The molecule has 0 fully saturated rings. The first kappa shape index (κ1) is 38.1. The smallest absolute Gasteiger partial charge is 0.121 e. The van der Waals surface area contributed by atoms with Crippen LogP contribution in [0.3, 0.4) is 0 Å². The molecule has 0 unspecified atom stereocenters. The van der Waals surface area contributed by atoms with E-state index in [-0.39, 0.29) is 25.9 Å². The van der Waals surface area contributed by atoms with Gasteiger partial charge in [0.25, 0.3) is 0 Å². The maximum absolute atomic E-state index is 13.0. The van der Waals surface area contributed by atoms with Gasteiger partial charge in [-0.1, -0.05) is 92.7 Å². The van der Waals surface area contributed by atoms with Crippen molar-refractivity contribution in [3.63, 3.8) is 0 Å². The number of nitrogens with zero attached hydrogens (tertiary/aromatic N) is 3. The van der Waals surface area contributed by atoms with E-state index >= 15 is 0 Å². The molecule has 3 heterocycles. The normalized spacial score (nSPS) is 13.3. The first-order valence-corrected chi connectivity index (χ1v) is 27.7. The monoisotopic (exact) mass is 1040 g/mol. The standard InChI is InChI=1S/C36H31N2O.C17H21FGeN.Ir/c1-21(2)26-10-8-11-27(22(3)4)34(26)38-32-15-7-6-14-31(32)37-36(38)29-13-9-12-28-30-19-25-18-23(5)16-17-24(25)20-33(30)39-35(28)29;1-12(2)15-10-17(13-6-8-14(18)9-7-13)20-11-16(15)19(3,4)5;/h6-12,14-22H,1-5H3;6,8-12H,1-5H3;/q2*-1;/i5D3;12D;. The number of aromatic nitrogens is 3. The topological polar surface area (TPSA) is 43.9 Å². The Morgan fingerprint density at radius 3 is 2.20 bits per heavy atom. The minimum absolute atomic E-state index is 0. The number of furan rings is 1. The van der Waals surface area contributed by atoms with Crippen LogP contribution in [-0.4, -0.2) is 27.8 Å². The Kier molecular flexibility index (Phi) is 10.9. The van der Waals surface area contributed by atoms with E-state index < -0.39 is 26.0 Å². The first-order valence-electron chi connectivity index (χ1n) is 22.3. The van der Waals surface area contributed by atoms with Crippen LogP contribution in [-0.2, 0) is 20.1 Å². The molecule has 3 aromatic heterocycles. The summed E-state index contributed by atoms with van der Waals surface area (Å²) in [7, 11) is 0. The van der Waals surface area contributed by atoms with Gasteiger partial charge in [-0.15, -0.1) is 18.2 Å². The van der Waals surface area contributed by atoms with E-state index in [0.29, 0.717) is 23.0 Å². The number of hydrogen-bond donors (Lipinski definition) is 0. The molecule has 0 amide bonds. The number of hydrogen-bond acceptors (Lipinski definition) is 3. The van der Waals surface area contributed by atoms with Gasteiger partial charge in [0.05, 0.1) is 22.4 Å². The number of fused-ring (bicyclic) bond motifs is 5. The van der Waals surface area contributed by atoms with Crippen LogP contribution in [0.4, 0.5) is 4.39 Å². The molecule has 6 aromatic carbocycles. The number of pyridine rings is 1. The van der Waals surface area contributed by atoms with Gasteiger partial charge in [0.1, 0.15) is 5.58 Å². The molecule has 307 valence electrons. The third-order valence-corrected chi connectivity index (χ3v) is 15.3. The minimum Gasteiger partial charge on any atom is -0.501 e. The molecular formula is C53H52FGeIrN3O-2. The summed E-state index contributed by atoms with van der Waals surface area (Å²) in [5.74, 6) is 7.33. The van der Waals surface area contributed by atoms with Crippen molar-refractivity contribution in [3.8, 4) is 28.3 Å². The second-order valence-corrected chi connectivity index (χ2v) is 27.8. The van der Waals surface area contributed by atoms with Crippen LogP contribution in [0.25, 0.3) is 72.1 Å². The van der Waals surface area contributed by atoms with Crippen LogP contribution in [0.5, 0.6) is 0 Å². The molecule has 0 N–H and O–H groups in total. The van der Waals surface area contributed by atoms with Gasteiger partial charge in [0.2, 0.25) is 0 Å². The van der Waals surface area contributed by atoms with Gasteiger partial charge in [0.15, 0.2) is 0 Å². The predicted molar refractivity (Wildman–Crippen MR) is 249 cm³/mol. The van der Waals surface area contributed by atoms with Gasteiger partial charge in [-0.3, -0.25) is 4.98 Å². The maximum atomic E-state index is 13.0. The maximum Gasteiger partial charge on any atom is 0.121 e. The van der Waals surface area contributed by atoms with Crippen molar-refractivity contribution in [2.75, 3.05) is 0 Å². The summed E-state index contributed by atoms with van der Waals surface area (Å²) < 4.78 is 55.1. The zero-order valence-electron chi connectivity index (χ0n) is 39.6. The third kappa shape index (κ3) is 8.27. The third-order valence-electron chi connectivity index (χ3n) is 11.0. The molecule has 4 nitrogen and oxygen atoms in total. The van der Waals surface area contributed by atoms with Crippen LogP contribution in [0, 0.1) is 24.8 Å². The van der Waals surface area contributed by atoms with E-state index in [0.717, 1.165) is 72.1 Å². The Morgan fingerprint density at radius 2 is 1.53 bits per heavy atom. The molecule has 0 aliphatic carbocycles. The summed E-state index contributed by atoms with van der Waals surface area (Å²) in [5.41, 5.74) is 10.7. The van der Waals surface area contributed by atoms with Crippen LogP contribution in [0.1, 0.15) is 87.0 Å². The SMILES string of the molecule is [2H]C(C)(C)c1cc(-c2[c-]cc(F)cc2)nc[c]1[Ge]([CH3])([CH3])[CH3].[2H]C([2H])([2H])c1ccc2cc3oc4c(-c5nc6ccccc6n5-c5c(C(C)C)cccc5C(C)C)[c-]ccc4c3cc2c1.[Ir]. The molecule has 0 saturated heterocycles. The first-order chi connectivity index (χ1) is 29.7. The van der Waals surface area contributed by atoms with E-state index in [1.165, 1.54) is 27.7 Å². The summed E-state index contributed by atoms with van der Waals surface area (Å²) in [4.78, 5) is 9.71. The van der Waals surface area contributed by atoms with Gasteiger partial charge in [-0.2, -0.15) is 0 Å². The number of imidazole rings is 1. The fraction of sp³-hybridized carbons (Fsp3) is 0.245. The molecular weight excluding hydrogens is 978 g/mol. The zero-order chi connectivity index (χ0) is 45.2. The van der Waals surface area contributed by atoms with E-state index in [4.69, 9.17) is 14.9 Å². The Hall–Kier alpha value is -4.88. The molecule has 0 aliphatic rings. The molecule has 0 aliphatic heterocycles. The zero-order valence-corrected chi connectivity index (χ0v) is 40.1. The van der Waals surface area contributed by atoms with Crippen molar-refractivity contribution in [1.82, 2.24) is 14.5 Å². The van der Waals surface area contributed by atoms with Gasteiger partial charge in [-0.05, 0) is 64.9 Å². The molecule has 0 atom stereocenters. The molecule has 0 saturated carbocycles. The van der Waals surface area contributed by atoms with Gasteiger partial charge < -0.3 is 8.98 Å². The van der Waals surface area contributed by atoms with E-state index in [1.54, 1.807) is 18.2 Å². The molecule has 60 heavy (non-hydrogen) atoms. The summed E-state index contributed by atoms with van der Waals surface area (Å²) in [6.45, 7) is 10.6. The Bertz CT molecular complexity index is 3130. The number of halogens is 1. The molecule has 9 aromatic rings. The van der Waals surface area contributed by atoms with Crippen LogP contribution >= 0.6 is 0 Å². The number of rotatable bonds is 7. The second-order valence-electron chi connectivity index (χ2n) is 17.2. The van der Waals surface area contributed by atoms with E-state index in [1.807, 2.05) is 62.5 Å². The molecule has 0 spiro atoms. The summed E-state index contributed by atoms with van der Waals surface area (Å²) in [6.07, 6.45) is 1.91. The second kappa shape index (κ2) is 17.2. The largest absolute Gasteiger partial charge is 0.501 e. The van der Waals surface area contributed by atoms with Crippen molar-refractivity contribution >= 4 is 61.4 Å². The quantitative estimate of drug-likeness (QED) is 0.118. The van der Waals surface area contributed by atoms with E-state index in [2.05, 4.69) is 103 Å². The summed E-state index contributed by atoms with van der Waals surface area (Å²) in [6, 6.07) is 40.9. The van der Waals surface area contributed by atoms with Crippen LogP contribution < -0.4 is 4.40 Å². The van der Waals surface area contributed by atoms with Crippen molar-refractivity contribution in [3.05, 3.63) is 156 Å². The van der Waals surface area contributed by atoms with Crippen molar-refractivity contribution in [1.29, 1.82) is 0 Å². The Balaban J connectivity index is 0.000000236. The molecule has 7 heteroatoms.